The Balaban J connectivity index is 2.35. The Kier molecular flexibility index (Phi) is 7.76. The average Bonchev–Trinajstić information content (AvgIpc) is 2.95. The summed E-state index contributed by atoms with van der Waals surface area (Å²) in [6, 6.07) is 2.61. The third-order valence-electron chi connectivity index (χ3n) is 4.20. The molecule has 7 nitrogen and oxygen atoms in total. The molecule has 2 rings (SSSR count). The number of nitrogens with zero attached hydrogens (tertiary/aromatic N) is 1. The van der Waals surface area contributed by atoms with E-state index >= 15 is 0 Å². The van der Waals surface area contributed by atoms with Crippen LogP contribution in [0.2, 0.25) is 0 Å². The van der Waals surface area contributed by atoms with Crippen molar-refractivity contribution in [3.8, 4) is 11.5 Å². The molecule has 1 aliphatic heterocycles. The standard InChI is InChI=1S/C19H22INO6S/c1-6-10(2)27-16-13(20)7-12(8-14(16)25-4)9-15-17(22)21(19(24)28-15)11(3)18(23)26-5/h7-11H,6H2,1-5H3/b15-9-/t10-,11-/m0/s1. The molecule has 1 aromatic rings. The smallest absolute Gasteiger partial charge is 0.328 e. The van der Waals surface area contributed by atoms with Crippen LogP contribution in [0.25, 0.3) is 6.08 Å². The zero-order valence-electron chi connectivity index (χ0n) is 16.3. The summed E-state index contributed by atoms with van der Waals surface area (Å²) in [5.74, 6) is 0.00995. The van der Waals surface area contributed by atoms with Gasteiger partial charge >= 0.3 is 5.97 Å². The van der Waals surface area contributed by atoms with E-state index in [-0.39, 0.29) is 11.0 Å². The van der Waals surface area contributed by atoms with Crippen LogP contribution in [0.5, 0.6) is 11.5 Å². The Morgan fingerprint density at radius 2 is 1.96 bits per heavy atom. The molecule has 1 fully saturated rings. The summed E-state index contributed by atoms with van der Waals surface area (Å²) >= 11 is 2.93. The molecule has 2 atom stereocenters. The van der Waals surface area contributed by atoms with Gasteiger partial charge in [0.1, 0.15) is 6.04 Å². The van der Waals surface area contributed by atoms with Crippen LogP contribution in [0.15, 0.2) is 17.0 Å². The number of halogens is 1. The summed E-state index contributed by atoms with van der Waals surface area (Å²) < 4.78 is 16.8. The van der Waals surface area contributed by atoms with Crippen LogP contribution in [0, 0.1) is 3.57 Å². The first-order valence-corrected chi connectivity index (χ1v) is 10.5. The lowest BCUT2D eigenvalue weighted by atomic mass is 10.1. The van der Waals surface area contributed by atoms with Gasteiger partial charge < -0.3 is 14.2 Å². The first-order valence-electron chi connectivity index (χ1n) is 8.62. The monoisotopic (exact) mass is 519 g/mol. The van der Waals surface area contributed by atoms with E-state index in [1.807, 2.05) is 19.9 Å². The van der Waals surface area contributed by atoms with Crippen LogP contribution in [0.3, 0.4) is 0 Å². The molecule has 28 heavy (non-hydrogen) atoms. The highest BCUT2D eigenvalue weighted by Gasteiger charge is 2.41. The van der Waals surface area contributed by atoms with E-state index < -0.39 is 23.2 Å². The van der Waals surface area contributed by atoms with Crippen LogP contribution in [-0.4, -0.2) is 48.4 Å². The van der Waals surface area contributed by atoms with Gasteiger partial charge in [0.25, 0.3) is 11.1 Å². The quantitative estimate of drug-likeness (QED) is 0.305. The van der Waals surface area contributed by atoms with E-state index in [9.17, 15) is 14.4 Å². The summed E-state index contributed by atoms with van der Waals surface area (Å²) in [7, 11) is 2.76. The Morgan fingerprint density at radius 1 is 1.29 bits per heavy atom. The van der Waals surface area contributed by atoms with Gasteiger partial charge in [0.05, 0.1) is 28.8 Å². The predicted molar refractivity (Wildman–Crippen MR) is 115 cm³/mol. The van der Waals surface area contributed by atoms with E-state index in [0.717, 1.165) is 26.7 Å². The molecule has 0 aromatic heterocycles. The predicted octanol–water partition coefficient (Wildman–Crippen LogP) is 4.07. The maximum absolute atomic E-state index is 12.6. The van der Waals surface area contributed by atoms with Crippen LogP contribution in [0.1, 0.15) is 32.8 Å². The number of carbonyl (C=O) groups excluding carboxylic acids is 3. The average molecular weight is 519 g/mol. The lowest BCUT2D eigenvalue weighted by Gasteiger charge is -2.18. The SMILES string of the molecule is CC[C@H](C)Oc1c(I)cc(/C=C2\SC(=O)N([C@@H](C)C(=O)OC)C2=O)cc1OC. The lowest BCUT2D eigenvalue weighted by Crippen LogP contribution is -2.42. The van der Waals surface area contributed by atoms with Crippen LogP contribution < -0.4 is 9.47 Å². The second-order valence-electron chi connectivity index (χ2n) is 6.12. The topological polar surface area (TPSA) is 82.1 Å². The summed E-state index contributed by atoms with van der Waals surface area (Å²) in [4.78, 5) is 37.7. The highest BCUT2D eigenvalue weighted by molar-refractivity contribution is 14.1. The molecule has 0 radical (unpaired) electrons. The second kappa shape index (κ2) is 9.64. The van der Waals surface area contributed by atoms with E-state index in [4.69, 9.17) is 9.47 Å². The fraction of sp³-hybridized carbons (Fsp3) is 0.421. The number of amides is 2. The molecule has 1 saturated heterocycles. The molecular weight excluding hydrogens is 497 g/mol. The molecule has 152 valence electrons. The Hall–Kier alpha value is -1.75. The molecule has 1 aliphatic rings. The van der Waals surface area contributed by atoms with Crippen molar-refractivity contribution >= 4 is 57.5 Å². The van der Waals surface area contributed by atoms with Gasteiger partial charge in [-0.15, -0.1) is 0 Å². The van der Waals surface area contributed by atoms with Crippen molar-refractivity contribution in [2.45, 2.75) is 39.3 Å². The van der Waals surface area contributed by atoms with E-state index in [0.29, 0.717) is 17.1 Å². The number of benzene rings is 1. The summed E-state index contributed by atoms with van der Waals surface area (Å²) in [5.41, 5.74) is 0.689. The van der Waals surface area contributed by atoms with Gasteiger partial charge in [-0.3, -0.25) is 14.5 Å². The Labute approximate surface area is 181 Å². The maximum atomic E-state index is 12.6. The van der Waals surface area contributed by atoms with Gasteiger partial charge in [-0.2, -0.15) is 0 Å². The van der Waals surface area contributed by atoms with Crippen molar-refractivity contribution in [3.05, 3.63) is 26.2 Å². The number of methoxy groups -OCH3 is 2. The Morgan fingerprint density at radius 3 is 2.54 bits per heavy atom. The number of ether oxygens (including phenoxy) is 3. The van der Waals surface area contributed by atoms with Crippen molar-refractivity contribution in [2.24, 2.45) is 0 Å². The van der Waals surface area contributed by atoms with Gasteiger partial charge in [0.15, 0.2) is 11.5 Å². The number of rotatable bonds is 7. The van der Waals surface area contributed by atoms with Crippen molar-refractivity contribution in [3.63, 3.8) is 0 Å². The highest BCUT2D eigenvalue weighted by Crippen LogP contribution is 2.38. The summed E-state index contributed by atoms with van der Waals surface area (Å²) in [6.45, 7) is 5.46. The minimum absolute atomic E-state index is 0.0320. The first kappa shape index (κ1) is 22.5. The molecule has 0 saturated carbocycles. The summed E-state index contributed by atoms with van der Waals surface area (Å²) in [5, 5.41) is -0.507. The van der Waals surface area contributed by atoms with Gasteiger partial charge in [-0.1, -0.05) is 6.92 Å². The van der Waals surface area contributed by atoms with Crippen LogP contribution in [0.4, 0.5) is 4.79 Å². The molecule has 0 N–H and O–H groups in total. The second-order valence-corrected chi connectivity index (χ2v) is 8.28. The third kappa shape index (κ3) is 4.80. The van der Waals surface area contributed by atoms with Crippen LogP contribution >= 0.6 is 34.4 Å². The third-order valence-corrected chi connectivity index (χ3v) is 5.88. The number of hydrogen-bond donors (Lipinski definition) is 0. The minimum Gasteiger partial charge on any atom is -0.493 e. The van der Waals surface area contributed by atoms with Gasteiger partial charge in [0.2, 0.25) is 0 Å². The van der Waals surface area contributed by atoms with Gasteiger partial charge in [-0.05, 0) is 78.4 Å². The molecule has 0 spiro atoms. The van der Waals surface area contributed by atoms with E-state index in [2.05, 4.69) is 27.3 Å². The fourth-order valence-electron chi connectivity index (χ4n) is 2.46. The molecular formula is C19H22INO6S. The van der Waals surface area contributed by atoms with Crippen molar-refractivity contribution < 1.29 is 28.6 Å². The molecule has 0 bridgehead atoms. The number of thioether (sulfide) groups is 1. The number of carbonyl (C=O) groups is 3. The molecule has 9 heteroatoms. The zero-order chi connectivity index (χ0) is 21.0. The van der Waals surface area contributed by atoms with Crippen molar-refractivity contribution in [1.29, 1.82) is 0 Å². The highest BCUT2D eigenvalue weighted by atomic mass is 127. The molecule has 2 amide bonds. The van der Waals surface area contributed by atoms with E-state index in [1.54, 1.807) is 19.3 Å². The van der Waals surface area contributed by atoms with Gasteiger partial charge in [-0.25, -0.2) is 4.79 Å². The number of imide groups is 1. The minimum atomic E-state index is -0.982. The van der Waals surface area contributed by atoms with Crippen molar-refractivity contribution in [2.75, 3.05) is 14.2 Å². The number of esters is 1. The van der Waals surface area contributed by atoms with Gasteiger partial charge in [0, 0.05) is 0 Å². The zero-order valence-corrected chi connectivity index (χ0v) is 19.3. The fourth-order valence-corrected chi connectivity index (χ4v) is 4.12. The molecule has 1 aromatic carbocycles. The van der Waals surface area contributed by atoms with Crippen LogP contribution in [-0.2, 0) is 14.3 Å². The normalized spacial score (nSPS) is 17.6. The molecule has 0 unspecified atom stereocenters. The summed E-state index contributed by atoms with van der Waals surface area (Å²) in [6.07, 6.45) is 2.49. The largest absolute Gasteiger partial charge is 0.493 e. The molecule has 0 aliphatic carbocycles. The Bertz CT molecular complexity index is 825. The maximum Gasteiger partial charge on any atom is 0.328 e. The number of hydrogen-bond acceptors (Lipinski definition) is 7. The molecule has 1 heterocycles. The van der Waals surface area contributed by atoms with Crippen molar-refractivity contribution in [1.82, 2.24) is 4.90 Å². The van der Waals surface area contributed by atoms with E-state index in [1.165, 1.54) is 14.0 Å². The lowest BCUT2D eigenvalue weighted by molar-refractivity contribution is -0.148. The first-order chi connectivity index (χ1) is 13.2.